The summed E-state index contributed by atoms with van der Waals surface area (Å²) in [7, 11) is -3.81. The molecule has 0 spiro atoms. The Kier molecular flexibility index (Phi) is 7.06. The monoisotopic (exact) mass is 394 g/mol. The van der Waals surface area contributed by atoms with Gasteiger partial charge in [-0.3, -0.25) is 9.52 Å². The van der Waals surface area contributed by atoms with Gasteiger partial charge in [-0.05, 0) is 49.7 Å². The van der Waals surface area contributed by atoms with Gasteiger partial charge >= 0.3 is 0 Å². The Morgan fingerprint density at radius 1 is 1.12 bits per heavy atom. The maximum absolute atomic E-state index is 12.7. The van der Waals surface area contributed by atoms with Gasteiger partial charge in [0.25, 0.3) is 15.9 Å². The summed E-state index contributed by atoms with van der Waals surface area (Å²) >= 11 is 5.89. The number of hydrogen-bond acceptors (Lipinski definition) is 3. The van der Waals surface area contributed by atoms with Crippen molar-refractivity contribution in [1.82, 2.24) is 4.90 Å². The smallest absolute Gasteiger partial charge is 0.261 e. The molecule has 0 radical (unpaired) electrons. The molecule has 140 valence electrons. The van der Waals surface area contributed by atoms with Crippen molar-refractivity contribution in [3.05, 3.63) is 59.1 Å². The predicted octanol–water partition coefficient (Wildman–Crippen LogP) is 4.40. The van der Waals surface area contributed by atoms with Gasteiger partial charge in [-0.1, -0.05) is 37.1 Å². The van der Waals surface area contributed by atoms with Gasteiger partial charge in [0.2, 0.25) is 0 Å². The first-order valence-electron chi connectivity index (χ1n) is 8.55. The summed E-state index contributed by atoms with van der Waals surface area (Å²) in [5, 5.41) is 0.434. The lowest BCUT2D eigenvalue weighted by Crippen LogP contribution is -2.31. The number of nitrogens with one attached hydrogen (secondary N) is 1. The zero-order valence-corrected chi connectivity index (χ0v) is 16.5. The number of amides is 1. The molecule has 0 aliphatic carbocycles. The third kappa shape index (κ3) is 5.22. The number of unbranched alkanes of at least 4 members (excludes halogenated alkanes) is 1. The third-order valence-electron chi connectivity index (χ3n) is 3.92. The lowest BCUT2D eigenvalue weighted by atomic mass is 10.2. The number of benzene rings is 2. The van der Waals surface area contributed by atoms with Crippen LogP contribution in [0.1, 0.15) is 37.0 Å². The van der Waals surface area contributed by atoms with Crippen LogP contribution in [-0.2, 0) is 10.0 Å². The Bertz CT molecular complexity index is 869. The van der Waals surface area contributed by atoms with E-state index in [1.807, 2.05) is 6.92 Å². The van der Waals surface area contributed by atoms with Crippen LogP contribution in [0.3, 0.4) is 0 Å². The SMILES string of the molecule is CCCCN(CC)C(=O)c1cccc(S(=O)(=O)Nc2cccc(Cl)c2)c1. The van der Waals surface area contributed by atoms with Crippen molar-refractivity contribution in [3.8, 4) is 0 Å². The molecule has 0 aliphatic rings. The number of nitrogens with zero attached hydrogens (tertiary/aromatic N) is 1. The van der Waals surface area contributed by atoms with Crippen molar-refractivity contribution >= 4 is 33.2 Å². The third-order valence-corrected chi connectivity index (χ3v) is 5.53. The van der Waals surface area contributed by atoms with Gasteiger partial charge < -0.3 is 4.90 Å². The summed E-state index contributed by atoms with van der Waals surface area (Å²) in [6, 6.07) is 12.5. The Morgan fingerprint density at radius 3 is 2.50 bits per heavy atom. The largest absolute Gasteiger partial charge is 0.339 e. The number of anilines is 1. The molecule has 1 amide bonds. The first-order valence-corrected chi connectivity index (χ1v) is 10.4. The quantitative estimate of drug-likeness (QED) is 0.721. The summed E-state index contributed by atoms with van der Waals surface area (Å²) in [5.74, 6) is -0.166. The van der Waals surface area contributed by atoms with E-state index >= 15 is 0 Å². The van der Waals surface area contributed by atoms with Crippen LogP contribution in [0.5, 0.6) is 0 Å². The maximum atomic E-state index is 12.7. The number of rotatable bonds is 8. The average molecular weight is 395 g/mol. The van der Waals surface area contributed by atoms with Crippen molar-refractivity contribution in [2.45, 2.75) is 31.6 Å². The van der Waals surface area contributed by atoms with E-state index in [0.29, 0.717) is 29.4 Å². The molecule has 0 aromatic heterocycles. The van der Waals surface area contributed by atoms with Crippen molar-refractivity contribution in [2.24, 2.45) is 0 Å². The van der Waals surface area contributed by atoms with E-state index in [-0.39, 0.29) is 10.8 Å². The summed E-state index contributed by atoms with van der Waals surface area (Å²) in [6.45, 7) is 5.21. The molecule has 26 heavy (non-hydrogen) atoms. The summed E-state index contributed by atoms with van der Waals surface area (Å²) in [4.78, 5) is 14.4. The molecule has 5 nitrogen and oxygen atoms in total. The molecular weight excluding hydrogens is 372 g/mol. The molecule has 0 saturated heterocycles. The van der Waals surface area contributed by atoms with Gasteiger partial charge in [0, 0.05) is 23.7 Å². The van der Waals surface area contributed by atoms with Gasteiger partial charge in [0.05, 0.1) is 10.6 Å². The lowest BCUT2D eigenvalue weighted by molar-refractivity contribution is 0.0762. The van der Waals surface area contributed by atoms with Crippen LogP contribution in [-0.4, -0.2) is 32.3 Å². The second-order valence-corrected chi connectivity index (χ2v) is 8.00. The molecule has 0 bridgehead atoms. The van der Waals surface area contributed by atoms with Crippen LogP contribution in [0.25, 0.3) is 0 Å². The Balaban J connectivity index is 2.25. The predicted molar refractivity (Wildman–Crippen MR) is 105 cm³/mol. The Labute approximate surface area is 160 Å². The Hall–Kier alpha value is -2.05. The fourth-order valence-corrected chi connectivity index (χ4v) is 3.78. The van der Waals surface area contributed by atoms with E-state index in [2.05, 4.69) is 11.6 Å². The molecular formula is C19H23ClN2O3S. The van der Waals surface area contributed by atoms with Gasteiger partial charge in [-0.25, -0.2) is 8.42 Å². The summed E-state index contributed by atoms with van der Waals surface area (Å²) in [6.07, 6.45) is 1.90. The molecule has 0 atom stereocenters. The molecule has 2 aromatic rings. The van der Waals surface area contributed by atoms with E-state index < -0.39 is 10.0 Å². The average Bonchev–Trinajstić information content (AvgIpc) is 2.62. The highest BCUT2D eigenvalue weighted by Gasteiger charge is 2.19. The second-order valence-electron chi connectivity index (χ2n) is 5.88. The molecule has 0 saturated carbocycles. The number of hydrogen-bond donors (Lipinski definition) is 1. The van der Waals surface area contributed by atoms with Gasteiger partial charge in [0.15, 0.2) is 0 Å². The molecule has 0 aliphatic heterocycles. The zero-order valence-electron chi connectivity index (χ0n) is 14.9. The molecule has 7 heteroatoms. The van der Waals surface area contributed by atoms with Crippen LogP contribution in [0.15, 0.2) is 53.4 Å². The van der Waals surface area contributed by atoms with Gasteiger partial charge in [-0.15, -0.1) is 0 Å². The van der Waals surface area contributed by atoms with Crippen molar-refractivity contribution in [2.75, 3.05) is 17.8 Å². The van der Waals surface area contributed by atoms with E-state index in [0.717, 1.165) is 12.8 Å². The Morgan fingerprint density at radius 2 is 1.85 bits per heavy atom. The van der Waals surface area contributed by atoms with Gasteiger partial charge in [-0.2, -0.15) is 0 Å². The van der Waals surface area contributed by atoms with Crippen LogP contribution < -0.4 is 4.72 Å². The minimum Gasteiger partial charge on any atom is -0.339 e. The van der Waals surface area contributed by atoms with E-state index in [1.54, 1.807) is 35.2 Å². The first-order chi connectivity index (χ1) is 12.4. The lowest BCUT2D eigenvalue weighted by Gasteiger charge is -2.21. The summed E-state index contributed by atoms with van der Waals surface area (Å²) in [5.41, 5.74) is 0.726. The van der Waals surface area contributed by atoms with E-state index in [9.17, 15) is 13.2 Å². The second kappa shape index (κ2) is 9.05. The van der Waals surface area contributed by atoms with Crippen molar-refractivity contribution in [3.63, 3.8) is 0 Å². The summed E-state index contributed by atoms with van der Waals surface area (Å²) < 4.78 is 27.7. The highest BCUT2D eigenvalue weighted by atomic mass is 35.5. The zero-order chi connectivity index (χ0) is 19.2. The molecule has 2 aromatic carbocycles. The number of carbonyl (C=O) groups excluding carboxylic acids is 1. The topological polar surface area (TPSA) is 66.5 Å². The first kappa shape index (κ1) is 20.3. The number of sulfonamides is 1. The van der Waals surface area contributed by atoms with E-state index in [1.165, 1.54) is 18.2 Å². The molecule has 0 fully saturated rings. The molecule has 1 N–H and O–H groups in total. The minimum atomic E-state index is -3.81. The highest BCUT2D eigenvalue weighted by Crippen LogP contribution is 2.20. The van der Waals surface area contributed by atoms with E-state index in [4.69, 9.17) is 11.6 Å². The standard InChI is InChI=1S/C19H23ClN2O3S/c1-3-5-12-22(4-2)19(23)15-8-6-11-18(13-15)26(24,25)21-17-10-7-9-16(20)14-17/h6-11,13-14,21H,3-5,12H2,1-2H3. The number of carbonyl (C=O) groups is 1. The normalized spacial score (nSPS) is 11.2. The molecule has 2 rings (SSSR count). The fraction of sp³-hybridized carbons (Fsp3) is 0.316. The minimum absolute atomic E-state index is 0.0369. The number of halogens is 1. The van der Waals surface area contributed by atoms with Crippen LogP contribution in [0.2, 0.25) is 5.02 Å². The fourth-order valence-electron chi connectivity index (χ4n) is 2.50. The maximum Gasteiger partial charge on any atom is 0.261 e. The van der Waals surface area contributed by atoms with Crippen molar-refractivity contribution in [1.29, 1.82) is 0 Å². The van der Waals surface area contributed by atoms with Gasteiger partial charge in [0.1, 0.15) is 0 Å². The van der Waals surface area contributed by atoms with Crippen LogP contribution in [0, 0.1) is 0 Å². The molecule has 0 heterocycles. The molecule has 0 unspecified atom stereocenters. The van der Waals surface area contributed by atoms with Crippen LogP contribution >= 0.6 is 11.6 Å². The highest BCUT2D eigenvalue weighted by molar-refractivity contribution is 7.92. The van der Waals surface area contributed by atoms with Crippen molar-refractivity contribution < 1.29 is 13.2 Å². The van der Waals surface area contributed by atoms with Crippen LogP contribution in [0.4, 0.5) is 5.69 Å².